The lowest BCUT2D eigenvalue weighted by atomic mass is 10.2. The van der Waals surface area contributed by atoms with Gasteiger partial charge in [0, 0.05) is 23.7 Å². The standard InChI is InChI=1S/C13H7BrIN3O3/c14-5-8-1-2-12(17-7-8)21-13-10(15)3-9(6-16)4-11(13)18(19)20/h1-4,7H,5H2. The topological polar surface area (TPSA) is 89.0 Å². The molecule has 0 amide bonds. The number of nitro benzene ring substituents is 1. The van der Waals surface area contributed by atoms with Crippen molar-refractivity contribution in [3.05, 3.63) is 55.3 Å². The van der Waals surface area contributed by atoms with Crippen molar-refractivity contribution in [1.29, 1.82) is 5.26 Å². The minimum Gasteiger partial charge on any atom is -0.431 e. The quantitative estimate of drug-likeness (QED) is 0.296. The molecular weight excluding hydrogens is 453 g/mol. The third-order valence-electron chi connectivity index (χ3n) is 2.51. The number of pyridine rings is 1. The molecule has 0 unspecified atom stereocenters. The van der Waals surface area contributed by atoms with Crippen molar-refractivity contribution in [2.45, 2.75) is 5.33 Å². The summed E-state index contributed by atoms with van der Waals surface area (Å²) in [6.07, 6.45) is 1.62. The number of ether oxygens (including phenoxy) is 1. The maximum atomic E-state index is 11.1. The highest BCUT2D eigenvalue weighted by Crippen LogP contribution is 2.36. The first-order valence-electron chi connectivity index (χ1n) is 5.62. The van der Waals surface area contributed by atoms with Crippen LogP contribution < -0.4 is 4.74 Å². The fourth-order valence-corrected chi connectivity index (χ4v) is 2.59. The Kier molecular flexibility index (Phi) is 5.08. The first kappa shape index (κ1) is 15.7. The number of aromatic nitrogens is 1. The smallest absolute Gasteiger partial charge is 0.314 e. The Bertz CT molecular complexity index is 729. The largest absolute Gasteiger partial charge is 0.431 e. The van der Waals surface area contributed by atoms with Crippen LogP contribution in [0, 0.1) is 25.0 Å². The van der Waals surface area contributed by atoms with Crippen LogP contribution in [0.3, 0.4) is 0 Å². The van der Waals surface area contributed by atoms with Crippen LogP contribution in [0.15, 0.2) is 30.5 Å². The molecule has 106 valence electrons. The van der Waals surface area contributed by atoms with Crippen molar-refractivity contribution in [2.24, 2.45) is 0 Å². The molecule has 0 radical (unpaired) electrons. The second kappa shape index (κ2) is 6.82. The lowest BCUT2D eigenvalue weighted by Crippen LogP contribution is -1.98. The average Bonchev–Trinajstić information content (AvgIpc) is 2.49. The first-order valence-corrected chi connectivity index (χ1v) is 7.82. The molecule has 8 heteroatoms. The van der Waals surface area contributed by atoms with Gasteiger partial charge in [-0.1, -0.05) is 22.0 Å². The first-order chi connectivity index (χ1) is 10.0. The number of nitro groups is 1. The van der Waals surface area contributed by atoms with E-state index >= 15 is 0 Å². The van der Waals surface area contributed by atoms with Gasteiger partial charge in [-0.3, -0.25) is 10.1 Å². The summed E-state index contributed by atoms with van der Waals surface area (Å²) in [4.78, 5) is 14.6. The molecule has 1 aromatic heterocycles. The summed E-state index contributed by atoms with van der Waals surface area (Å²) in [5.74, 6) is 0.337. The number of alkyl halides is 1. The molecule has 0 saturated heterocycles. The van der Waals surface area contributed by atoms with Gasteiger partial charge < -0.3 is 4.74 Å². The maximum absolute atomic E-state index is 11.1. The summed E-state index contributed by atoms with van der Waals surface area (Å²) in [7, 11) is 0. The number of hydrogen-bond donors (Lipinski definition) is 0. The summed E-state index contributed by atoms with van der Waals surface area (Å²) in [5, 5.41) is 20.7. The van der Waals surface area contributed by atoms with Crippen LogP contribution in [0.4, 0.5) is 5.69 Å². The van der Waals surface area contributed by atoms with Crippen molar-refractivity contribution < 1.29 is 9.66 Å². The van der Waals surface area contributed by atoms with E-state index in [0.29, 0.717) is 8.90 Å². The number of nitrogens with zero attached hydrogens (tertiary/aromatic N) is 3. The zero-order valence-corrected chi connectivity index (χ0v) is 14.2. The Labute approximate surface area is 142 Å². The Morgan fingerprint density at radius 3 is 2.76 bits per heavy atom. The summed E-state index contributed by atoms with van der Waals surface area (Å²) >= 11 is 5.20. The van der Waals surface area contributed by atoms with Crippen molar-refractivity contribution in [2.75, 3.05) is 0 Å². The van der Waals surface area contributed by atoms with E-state index in [4.69, 9.17) is 10.00 Å². The average molecular weight is 460 g/mol. The third kappa shape index (κ3) is 3.68. The van der Waals surface area contributed by atoms with Gasteiger partial charge in [-0.05, 0) is 34.2 Å². The molecule has 0 fully saturated rings. The van der Waals surface area contributed by atoms with E-state index in [1.165, 1.54) is 12.1 Å². The molecule has 6 nitrogen and oxygen atoms in total. The maximum Gasteiger partial charge on any atom is 0.314 e. The molecule has 0 aliphatic carbocycles. The van der Waals surface area contributed by atoms with Gasteiger partial charge in [0.25, 0.3) is 0 Å². The fourth-order valence-electron chi connectivity index (χ4n) is 1.54. The van der Waals surface area contributed by atoms with Crippen LogP contribution >= 0.6 is 38.5 Å². The molecule has 0 spiro atoms. The molecular formula is C13H7BrIN3O3. The third-order valence-corrected chi connectivity index (χ3v) is 3.96. The SMILES string of the molecule is N#Cc1cc(I)c(Oc2ccc(CBr)cn2)c([N+](=O)[O-])c1. The van der Waals surface area contributed by atoms with Gasteiger partial charge in [0.05, 0.1) is 20.1 Å². The van der Waals surface area contributed by atoms with Crippen LogP contribution in [-0.4, -0.2) is 9.91 Å². The molecule has 2 rings (SSSR count). The van der Waals surface area contributed by atoms with E-state index in [0.717, 1.165) is 5.56 Å². The zero-order chi connectivity index (χ0) is 15.4. The highest BCUT2D eigenvalue weighted by atomic mass is 127. The van der Waals surface area contributed by atoms with E-state index in [9.17, 15) is 10.1 Å². The summed E-state index contributed by atoms with van der Waals surface area (Å²) < 4.78 is 5.99. The number of benzene rings is 1. The minimum atomic E-state index is -0.578. The molecule has 21 heavy (non-hydrogen) atoms. The lowest BCUT2D eigenvalue weighted by Gasteiger charge is -2.08. The Hall–Kier alpha value is -1.73. The Balaban J connectivity index is 2.43. The monoisotopic (exact) mass is 459 g/mol. The van der Waals surface area contributed by atoms with Crippen LogP contribution in [0.5, 0.6) is 11.6 Å². The van der Waals surface area contributed by atoms with Crippen LogP contribution in [0.25, 0.3) is 0 Å². The van der Waals surface area contributed by atoms with Crippen molar-refractivity contribution >= 4 is 44.2 Å². The molecule has 0 aliphatic heterocycles. The zero-order valence-electron chi connectivity index (χ0n) is 10.4. The van der Waals surface area contributed by atoms with Crippen molar-refractivity contribution in [3.63, 3.8) is 0 Å². The molecule has 2 aromatic rings. The molecule has 1 heterocycles. The molecule has 0 aliphatic rings. The predicted molar refractivity (Wildman–Crippen MR) is 87.5 cm³/mol. The summed E-state index contributed by atoms with van der Waals surface area (Å²) in [6.45, 7) is 0. The van der Waals surface area contributed by atoms with Gasteiger partial charge in [0.15, 0.2) is 0 Å². The van der Waals surface area contributed by atoms with E-state index in [1.54, 1.807) is 18.3 Å². The van der Waals surface area contributed by atoms with Gasteiger partial charge in [0.2, 0.25) is 11.6 Å². The van der Waals surface area contributed by atoms with Gasteiger partial charge in [0.1, 0.15) is 0 Å². The number of nitriles is 1. The predicted octanol–water partition coefficient (Wildman–Crippen LogP) is 4.15. The molecule has 0 N–H and O–H groups in total. The highest BCUT2D eigenvalue weighted by molar-refractivity contribution is 14.1. The second-order valence-electron chi connectivity index (χ2n) is 3.92. The minimum absolute atomic E-state index is 0.0821. The highest BCUT2D eigenvalue weighted by Gasteiger charge is 2.21. The fraction of sp³-hybridized carbons (Fsp3) is 0.0769. The van der Waals surface area contributed by atoms with E-state index in [1.807, 2.05) is 28.7 Å². The van der Waals surface area contributed by atoms with Gasteiger partial charge in [-0.15, -0.1) is 0 Å². The molecule has 1 aromatic carbocycles. The Morgan fingerprint density at radius 1 is 1.48 bits per heavy atom. The van der Waals surface area contributed by atoms with E-state index in [2.05, 4.69) is 20.9 Å². The van der Waals surface area contributed by atoms with Gasteiger partial charge >= 0.3 is 5.69 Å². The van der Waals surface area contributed by atoms with Gasteiger partial charge in [-0.25, -0.2) is 4.98 Å². The van der Waals surface area contributed by atoms with Crippen molar-refractivity contribution in [1.82, 2.24) is 4.98 Å². The number of hydrogen-bond acceptors (Lipinski definition) is 5. The van der Waals surface area contributed by atoms with Crippen LogP contribution in [0.1, 0.15) is 11.1 Å². The summed E-state index contributed by atoms with van der Waals surface area (Å²) in [5.41, 5.74) is 0.914. The Morgan fingerprint density at radius 2 is 2.24 bits per heavy atom. The molecule has 0 atom stereocenters. The second-order valence-corrected chi connectivity index (χ2v) is 5.64. The summed E-state index contributed by atoms with van der Waals surface area (Å²) in [6, 6.07) is 8.03. The van der Waals surface area contributed by atoms with Crippen LogP contribution in [-0.2, 0) is 5.33 Å². The van der Waals surface area contributed by atoms with Crippen molar-refractivity contribution in [3.8, 4) is 17.7 Å². The van der Waals surface area contributed by atoms with E-state index < -0.39 is 4.92 Å². The lowest BCUT2D eigenvalue weighted by molar-refractivity contribution is -0.385. The van der Waals surface area contributed by atoms with Gasteiger partial charge in [-0.2, -0.15) is 5.26 Å². The molecule has 0 bridgehead atoms. The number of halogens is 2. The molecule has 0 saturated carbocycles. The normalized spacial score (nSPS) is 9.95. The van der Waals surface area contributed by atoms with Crippen LogP contribution in [0.2, 0.25) is 0 Å². The van der Waals surface area contributed by atoms with E-state index in [-0.39, 0.29) is 22.9 Å². The number of rotatable bonds is 4.